The molecular weight excluding hydrogens is 186 g/mol. The van der Waals surface area contributed by atoms with Crippen LogP contribution in [0.4, 0.5) is 5.69 Å². The van der Waals surface area contributed by atoms with Crippen molar-refractivity contribution in [3.05, 3.63) is 29.8 Å². The molecular formula is C12H17N3. The Morgan fingerprint density at radius 1 is 1.40 bits per heavy atom. The van der Waals surface area contributed by atoms with Crippen LogP contribution in [0.2, 0.25) is 0 Å². The van der Waals surface area contributed by atoms with Gasteiger partial charge in [-0.2, -0.15) is 0 Å². The van der Waals surface area contributed by atoms with E-state index in [4.69, 9.17) is 5.73 Å². The summed E-state index contributed by atoms with van der Waals surface area (Å²) >= 11 is 0. The fourth-order valence-corrected chi connectivity index (χ4v) is 1.66. The molecule has 1 aromatic rings. The first-order valence-corrected chi connectivity index (χ1v) is 5.23. The van der Waals surface area contributed by atoms with E-state index in [-0.39, 0.29) is 5.54 Å². The van der Waals surface area contributed by atoms with Gasteiger partial charge in [0.05, 0.1) is 12.9 Å². The van der Waals surface area contributed by atoms with E-state index in [1.807, 2.05) is 26.3 Å². The molecule has 15 heavy (non-hydrogen) atoms. The van der Waals surface area contributed by atoms with Crippen LogP contribution < -0.4 is 10.6 Å². The van der Waals surface area contributed by atoms with Crippen LogP contribution in [0.1, 0.15) is 19.4 Å². The predicted octanol–water partition coefficient (Wildman–Crippen LogP) is 1.73. The molecule has 3 heteroatoms. The molecule has 2 rings (SSSR count). The molecule has 0 spiro atoms. The smallest absolute Gasteiger partial charge is 0.0895 e. The van der Waals surface area contributed by atoms with Crippen LogP contribution in [0.3, 0.4) is 0 Å². The molecule has 0 fully saturated rings. The first kappa shape index (κ1) is 10.2. The first-order valence-electron chi connectivity index (χ1n) is 5.23. The van der Waals surface area contributed by atoms with Crippen LogP contribution in [0.25, 0.3) is 0 Å². The van der Waals surface area contributed by atoms with Crippen molar-refractivity contribution in [3.8, 4) is 0 Å². The largest absolute Gasteiger partial charge is 0.331 e. The Hall–Kier alpha value is -1.35. The van der Waals surface area contributed by atoms with Crippen molar-refractivity contribution in [1.82, 2.24) is 0 Å². The lowest BCUT2D eigenvalue weighted by atomic mass is 9.95. The molecule has 1 aliphatic heterocycles. The minimum atomic E-state index is -0.285. The average molecular weight is 203 g/mol. The van der Waals surface area contributed by atoms with E-state index < -0.39 is 0 Å². The predicted molar refractivity (Wildman–Crippen MR) is 64.4 cm³/mol. The summed E-state index contributed by atoms with van der Waals surface area (Å²) in [6.45, 7) is 5.89. The highest BCUT2D eigenvalue weighted by molar-refractivity contribution is 5.81. The summed E-state index contributed by atoms with van der Waals surface area (Å²) in [7, 11) is 0. The van der Waals surface area contributed by atoms with Gasteiger partial charge in [-0.05, 0) is 31.5 Å². The number of nitrogens with zero attached hydrogens (tertiary/aromatic N) is 2. The molecule has 0 radical (unpaired) electrons. The number of benzene rings is 1. The summed E-state index contributed by atoms with van der Waals surface area (Å²) in [6, 6.07) is 8.34. The summed E-state index contributed by atoms with van der Waals surface area (Å²) in [5, 5.41) is 0. The normalized spacial score (nSPS) is 16.1. The molecule has 0 saturated carbocycles. The van der Waals surface area contributed by atoms with Gasteiger partial charge in [0.15, 0.2) is 0 Å². The molecule has 0 aromatic heterocycles. The molecule has 1 aromatic carbocycles. The van der Waals surface area contributed by atoms with Gasteiger partial charge in [-0.1, -0.05) is 12.1 Å². The van der Waals surface area contributed by atoms with Crippen molar-refractivity contribution in [2.45, 2.75) is 19.4 Å². The second-order valence-corrected chi connectivity index (χ2v) is 4.49. The van der Waals surface area contributed by atoms with Crippen LogP contribution in [0.15, 0.2) is 29.3 Å². The second kappa shape index (κ2) is 3.66. The molecule has 3 nitrogen and oxygen atoms in total. The highest BCUT2D eigenvalue weighted by atomic mass is 15.2. The van der Waals surface area contributed by atoms with Gasteiger partial charge >= 0.3 is 0 Å². The van der Waals surface area contributed by atoms with Crippen molar-refractivity contribution in [3.63, 3.8) is 0 Å². The van der Waals surface area contributed by atoms with E-state index in [2.05, 4.69) is 28.1 Å². The minimum Gasteiger partial charge on any atom is -0.331 e. The maximum atomic E-state index is 6.07. The van der Waals surface area contributed by atoms with E-state index in [9.17, 15) is 0 Å². The monoisotopic (exact) mass is 203 g/mol. The van der Waals surface area contributed by atoms with E-state index in [1.54, 1.807) is 0 Å². The molecule has 0 saturated heterocycles. The fourth-order valence-electron chi connectivity index (χ4n) is 1.66. The lowest BCUT2D eigenvalue weighted by molar-refractivity contribution is 0.554. The van der Waals surface area contributed by atoms with Crippen molar-refractivity contribution < 1.29 is 0 Å². The van der Waals surface area contributed by atoms with Crippen molar-refractivity contribution in [2.24, 2.45) is 10.7 Å². The standard InChI is InChI=1S/C12H17N3/c1-12(2,13)10-4-3-5-11(8-10)15-7-6-14-9-15/h3-5,8-9H,6-7,13H2,1-2H3. The Morgan fingerprint density at radius 3 is 2.80 bits per heavy atom. The molecule has 0 atom stereocenters. The SMILES string of the molecule is CC(C)(N)c1cccc(N2C=NCC2)c1. The summed E-state index contributed by atoms with van der Waals surface area (Å²) < 4.78 is 0. The number of hydrogen-bond donors (Lipinski definition) is 1. The quantitative estimate of drug-likeness (QED) is 0.795. The maximum absolute atomic E-state index is 6.07. The van der Waals surface area contributed by atoms with Crippen LogP contribution >= 0.6 is 0 Å². The van der Waals surface area contributed by atoms with Crippen LogP contribution in [0, 0.1) is 0 Å². The Bertz CT molecular complexity index is 377. The van der Waals surface area contributed by atoms with E-state index in [0.29, 0.717) is 0 Å². The van der Waals surface area contributed by atoms with Crippen molar-refractivity contribution in [2.75, 3.05) is 18.0 Å². The third-order valence-electron chi connectivity index (χ3n) is 2.61. The van der Waals surface area contributed by atoms with E-state index in [0.717, 1.165) is 18.7 Å². The minimum absolute atomic E-state index is 0.285. The lowest BCUT2D eigenvalue weighted by Gasteiger charge is -2.22. The Labute approximate surface area is 90.6 Å². The van der Waals surface area contributed by atoms with Crippen LogP contribution in [-0.2, 0) is 5.54 Å². The van der Waals surface area contributed by atoms with Crippen molar-refractivity contribution in [1.29, 1.82) is 0 Å². The molecule has 80 valence electrons. The number of aliphatic imine (C=N–C) groups is 1. The van der Waals surface area contributed by atoms with Gasteiger partial charge in [-0.25, -0.2) is 0 Å². The summed E-state index contributed by atoms with van der Waals surface area (Å²) in [5.41, 5.74) is 8.11. The van der Waals surface area contributed by atoms with Gasteiger partial charge in [0.1, 0.15) is 0 Å². The summed E-state index contributed by atoms with van der Waals surface area (Å²) in [4.78, 5) is 6.35. The third-order valence-corrected chi connectivity index (χ3v) is 2.61. The molecule has 0 amide bonds. The van der Waals surface area contributed by atoms with E-state index >= 15 is 0 Å². The zero-order valence-corrected chi connectivity index (χ0v) is 9.27. The summed E-state index contributed by atoms with van der Waals surface area (Å²) in [6.07, 6.45) is 1.89. The number of anilines is 1. The second-order valence-electron chi connectivity index (χ2n) is 4.49. The topological polar surface area (TPSA) is 41.6 Å². The fraction of sp³-hybridized carbons (Fsp3) is 0.417. The zero-order chi connectivity index (χ0) is 10.9. The first-order chi connectivity index (χ1) is 7.07. The maximum Gasteiger partial charge on any atom is 0.0895 e. The number of rotatable bonds is 2. The van der Waals surface area contributed by atoms with Crippen LogP contribution in [0.5, 0.6) is 0 Å². The van der Waals surface area contributed by atoms with Gasteiger partial charge in [0.2, 0.25) is 0 Å². The molecule has 1 heterocycles. The Balaban J connectivity index is 2.30. The van der Waals surface area contributed by atoms with E-state index in [1.165, 1.54) is 5.69 Å². The Morgan fingerprint density at radius 2 is 2.20 bits per heavy atom. The molecule has 2 N–H and O–H groups in total. The van der Waals surface area contributed by atoms with Gasteiger partial charge in [0.25, 0.3) is 0 Å². The van der Waals surface area contributed by atoms with Gasteiger partial charge in [-0.15, -0.1) is 0 Å². The van der Waals surface area contributed by atoms with Crippen molar-refractivity contribution >= 4 is 12.0 Å². The summed E-state index contributed by atoms with van der Waals surface area (Å²) in [5.74, 6) is 0. The zero-order valence-electron chi connectivity index (χ0n) is 9.27. The molecule has 0 bridgehead atoms. The molecule has 0 unspecified atom stereocenters. The van der Waals surface area contributed by atoms with Gasteiger partial charge in [0, 0.05) is 17.8 Å². The average Bonchev–Trinajstić information content (AvgIpc) is 2.69. The van der Waals surface area contributed by atoms with Crippen LogP contribution in [-0.4, -0.2) is 19.4 Å². The van der Waals surface area contributed by atoms with Gasteiger partial charge < -0.3 is 10.6 Å². The van der Waals surface area contributed by atoms with Gasteiger partial charge in [-0.3, -0.25) is 4.99 Å². The Kier molecular flexibility index (Phi) is 2.49. The highest BCUT2D eigenvalue weighted by Crippen LogP contribution is 2.23. The molecule has 0 aliphatic carbocycles. The number of nitrogens with two attached hydrogens (primary N) is 1. The lowest BCUT2D eigenvalue weighted by Crippen LogP contribution is -2.29. The number of hydrogen-bond acceptors (Lipinski definition) is 3. The highest BCUT2D eigenvalue weighted by Gasteiger charge is 2.16. The third kappa shape index (κ3) is 2.18. The molecule has 1 aliphatic rings.